The fourth-order valence-electron chi connectivity index (χ4n) is 2.69. The predicted molar refractivity (Wildman–Crippen MR) is 124 cm³/mol. The molecule has 3 aromatic rings. The second kappa shape index (κ2) is 9.74. The number of carbonyl (C=O) groups excluding carboxylic acids is 1. The molecule has 0 saturated carbocycles. The zero-order chi connectivity index (χ0) is 23.4. The molecule has 11 heteroatoms. The van der Waals surface area contributed by atoms with Gasteiger partial charge in [0.25, 0.3) is 5.91 Å². The number of primary sulfonamides is 1. The standard InChI is InChI=1S/C21H18BrN3O5S2/c22-17-10-6-15(7-11-17)20(14-31(27,28)18-4-2-1-3-5-18)24-25-21(26)16-8-12-19(13-9-16)32(23,29)30/h1-13H,14H2,(H,25,26)(H2,23,29,30)/b24-20-. The first-order valence-electron chi connectivity index (χ1n) is 9.10. The lowest BCUT2D eigenvalue weighted by atomic mass is 10.1. The van der Waals surface area contributed by atoms with E-state index in [1.54, 1.807) is 42.5 Å². The van der Waals surface area contributed by atoms with Gasteiger partial charge < -0.3 is 0 Å². The zero-order valence-electron chi connectivity index (χ0n) is 16.5. The van der Waals surface area contributed by atoms with E-state index in [2.05, 4.69) is 26.5 Å². The van der Waals surface area contributed by atoms with Crippen LogP contribution in [0.15, 0.2) is 98.2 Å². The van der Waals surface area contributed by atoms with Gasteiger partial charge in [0.15, 0.2) is 9.84 Å². The lowest BCUT2D eigenvalue weighted by Crippen LogP contribution is -2.24. The number of sulfone groups is 1. The predicted octanol–water partition coefficient (Wildman–Crippen LogP) is 2.70. The number of halogens is 1. The summed E-state index contributed by atoms with van der Waals surface area (Å²) in [5.41, 5.74) is 3.11. The van der Waals surface area contributed by atoms with Crippen molar-refractivity contribution in [1.29, 1.82) is 0 Å². The molecule has 0 saturated heterocycles. The van der Waals surface area contributed by atoms with Crippen LogP contribution in [0.3, 0.4) is 0 Å². The summed E-state index contributed by atoms with van der Waals surface area (Å²) < 4.78 is 49.2. The Morgan fingerprint density at radius 2 is 1.38 bits per heavy atom. The summed E-state index contributed by atoms with van der Waals surface area (Å²) in [5, 5.41) is 9.11. The number of hydrazone groups is 1. The van der Waals surface area contributed by atoms with E-state index >= 15 is 0 Å². The van der Waals surface area contributed by atoms with Crippen molar-refractivity contribution in [1.82, 2.24) is 5.43 Å². The van der Waals surface area contributed by atoms with Gasteiger partial charge in [-0.05, 0) is 54.1 Å². The van der Waals surface area contributed by atoms with E-state index in [1.807, 2.05) is 0 Å². The Balaban J connectivity index is 1.89. The van der Waals surface area contributed by atoms with Crippen LogP contribution in [-0.4, -0.2) is 34.2 Å². The SMILES string of the molecule is NS(=O)(=O)c1ccc(C(=O)N/N=C(/CS(=O)(=O)c2ccccc2)c2ccc(Br)cc2)cc1. The molecule has 0 atom stereocenters. The van der Waals surface area contributed by atoms with Crippen molar-refractivity contribution in [2.45, 2.75) is 9.79 Å². The molecule has 166 valence electrons. The number of rotatable bonds is 7. The van der Waals surface area contributed by atoms with E-state index in [9.17, 15) is 21.6 Å². The average molecular weight is 536 g/mol. The molecular formula is C21H18BrN3O5S2. The summed E-state index contributed by atoms with van der Waals surface area (Å²) in [5.74, 6) is -1.08. The van der Waals surface area contributed by atoms with Gasteiger partial charge in [0.2, 0.25) is 10.0 Å². The van der Waals surface area contributed by atoms with Crippen LogP contribution in [0.1, 0.15) is 15.9 Å². The van der Waals surface area contributed by atoms with Crippen molar-refractivity contribution in [2.24, 2.45) is 10.2 Å². The first-order valence-corrected chi connectivity index (χ1v) is 13.1. The maximum Gasteiger partial charge on any atom is 0.271 e. The molecule has 3 rings (SSSR count). The number of nitrogens with zero attached hydrogens (tertiary/aromatic N) is 1. The Labute approximate surface area is 194 Å². The summed E-state index contributed by atoms with van der Waals surface area (Å²) in [6.45, 7) is 0. The highest BCUT2D eigenvalue weighted by Crippen LogP contribution is 2.16. The van der Waals surface area contributed by atoms with Crippen LogP contribution in [0.25, 0.3) is 0 Å². The van der Waals surface area contributed by atoms with E-state index in [4.69, 9.17) is 5.14 Å². The van der Waals surface area contributed by atoms with Crippen molar-refractivity contribution >= 4 is 47.4 Å². The van der Waals surface area contributed by atoms with Gasteiger partial charge in [0.05, 0.1) is 21.3 Å². The molecule has 0 aliphatic heterocycles. The molecule has 0 aromatic heterocycles. The molecule has 0 bridgehead atoms. The summed E-state index contributed by atoms with van der Waals surface area (Å²) in [4.78, 5) is 12.5. The Morgan fingerprint density at radius 1 is 0.812 bits per heavy atom. The first kappa shape index (κ1) is 23.8. The third-order valence-electron chi connectivity index (χ3n) is 4.34. The fourth-order valence-corrected chi connectivity index (χ4v) is 4.80. The number of nitrogens with two attached hydrogens (primary N) is 1. The smallest absolute Gasteiger partial charge is 0.267 e. The van der Waals surface area contributed by atoms with Gasteiger partial charge in [0, 0.05) is 10.0 Å². The van der Waals surface area contributed by atoms with Crippen LogP contribution >= 0.6 is 15.9 Å². The van der Waals surface area contributed by atoms with Gasteiger partial charge in [-0.2, -0.15) is 5.10 Å². The van der Waals surface area contributed by atoms with E-state index in [0.29, 0.717) is 5.56 Å². The summed E-state index contributed by atoms with van der Waals surface area (Å²) in [6.07, 6.45) is 0. The minimum atomic E-state index is -3.89. The Morgan fingerprint density at radius 3 is 1.94 bits per heavy atom. The normalized spacial score (nSPS) is 12.4. The lowest BCUT2D eigenvalue weighted by molar-refractivity contribution is 0.0954. The van der Waals surface area contributed by atoms with Crippen LogP contribution < -0.4 is 10.6 Å². The molecule has 32 heavy (non-hydrogen) atoms. The van der Waals surface area contributed by atoms with E-state index in [0.717, 1.165) is 4.47 Å². The van der Waals surface area contributed by atoms with Crippen molar-refractivity contribution in [3.63, 3.8) is 0 Å². The summed E-state index contributed by atoms with van der Waals surface area (Å²) >= 11 is 3.33. The monoisotopic (exact) mass is 535 g/mol. The second-order valence-corrected chi connectivity index (χ2v) is 11.1. The highest BCUT2D eigenvalue weighted by molar-refractivity contribution is 9.10. The minimum absolute atomic E-state index is 0.127. The molecule has 3 aromatic carbocycles. The van der Waals surface area contributed by atoms with Crippen molar-refractivity contribution in [2.75, 3.05) is 5.75 Å². The number of benzene rings is 3. The third-order valence-corrected chi connectivity index (χ3v) is 7.45. The zero-order valence-corrected chi connectivity index (χ0v) is 19.7. The van der Waals surface area contributed by atoms with Gasteiger partial charge in [-0.25, -0.2) is 27.4 Å². The van der Waals surface area contributed by atoms with Gasteiger partial charge in [-0.15, -0.1) is 0 Å². The molecule has 0 fully saturated rings. The maximum atomic E-state index is 12.9. The molecule has 8 nitrogen and oxygen atoms in total. The van der Waals surface area contributed by atoms with Crippen LogP contribution in [-0.2, 0) is 19.9 Å². The first-order chi connectivity index (χ1) is 15.1. The van der Waals surface area contributed by atoms with Crippen molar-refractivity contribution in [3.8, 4) is 0 Å². The fraction of sp³-hybridized carbons (Fsp3) is 0.0476. The number of amides is 1. The van der Waals surface area contributed by atoms with Crippen LogP contribution in [0.5, 0.6) is 0 Å². The second-order valence-electron chi connectivity index (χ2n) is 6.65. The minimum Gasteiger partial charge on any atom is -0.267 e. The Bertz CT molecular complexity index is 1360. The third kappa shape index (κ3) is 6.10. The van der Waals surface area contributed by atoms with Crippen molar-refractivity contribution in [3.05, 3.63) is 94.5 Å². The maximum absolute atomic E-state index is 12.9. The number of hydrogen-bond acceptors (Lipinski definition) is 6. The van der Waals surface area contributed by atoms with Crippen LogP contribution in [0, 0.1) is 0 Å². The molecule has 0 spiro atoms. The Kier molecular flexibility index (Phi) is 7.24. The average Bonchev–Trinajstić information content (AvgIpc) is 2.77. The van der Waals surface area contributed by atoms with E-state index in [1.165, 1.54) is 36.4 Å². The molecule has 0 unspecified atom stereocenters. The van der Waals surface area contributed by atoms with Crippen molar-refractivity contribution < 1.29 is 21.6 Å². The number of nitrogens with one attached hydrogen (secondary N) is 1. The van der Waals surface area contributed by atoms with Gasteiger partial charge >= 0.3 is 0 Å². The topological polar surface area (TPSA) is 136 Å². The number of hydrogen-bond donors (Lipinski definition) is 2. The van der Waals surface area contributed by atoms with Crippen LogP contribution in [0.2, 0.25) is 0 Å². The summed E-state index contributed by atoms with van der Waals surface area (Å²) in [7, 11) is -7.61. The highest BCUT2D eigenvalue weighted by Gasteiger charge is 2.20. The molecule has 0 radical (unpaired) electrons. The summed E-state index contributed by atoms with van der Waals surface area (Å²) in [6, 6.07) is 19.7. The largest absolute Gasteiger partial charge is 0.271 e. The molecular weight excluding hydrogens is 518 g/mol. The number of sulfonamides is 1. The van der Waals surface area contributed by atoms with E-state index < -0.39 is 31.5 Å². The molecule has 1 amide bonds. The van der Waals surface area contributed by atoms with Gasteiger partial charge in [-0.1, -0.05) is 46.3 Å². The Hall–Kier alpha value is -2.86. The molecule has 3 N–H and O–H groups in total. The van der Waals surface area contributed by atoms with Crippen LogP contribution in [0.4, 0.5) is 0 Å². The quantitative estimate of drug-likeness (QED) is 0.354. The lowest BCUT2D eigenvalue weighted by Gasteiger charge is -2.10. The van der Waals surface area contributed by atoms with E-state index in [-0.39, 0.29) is 21.1 Å². The molecule has 0 heterocycles. The highest BCUT2D eigenvalue weighted by atomic mass is 79.9. The molecule has 0 aliphatic carbocycles. The molecule has 0 aliphatic rings. The van der Waals surface area contributed by atoms with Gasteiger partial charge in [0.1, 0.15) is 0 Å². The number of carbonyl (C=O) groups is 1. The van der Waals surface area contributed by atoms with Gasteiger partial charge in [-0.3, -0.25) is 4.79 Å².